The fourth-order valence-electron chi connectivity index (χ4n) is 4.70. The number of esters is 1. The van der Waals surface area contributed by atoms with Gasteiger partial charge in [-0.05, 0) is 77.2 Å². The van der Waals surface area contributed by atoms with E-state index in [4.69, 9.17) is 4.74 Å². The maximum absolute atomic E-state index is 13.0. The molecule has 1 saturated heterocycles. The summed E-state index contributed by atoms with van der Waals surface area (Å²) in [5.74, 6) is -0.544. The molecule has 4 aromatic carbocycles. The molecule has 202 valence electrons. The van der Waals surface area contributed by atoms with Crippen LogP contribution < -0.4 is 15.0 Å². The van der Waals surface area contributed by atoms with Crippen LogP contribution in [0.5, 0.6) is 11.5 Å². The third-order valence-electron chi connectivity index (χ3n) is 6.94. The molecule has 2 N–H and O–H groups in total. The number of rotatable bonds is 7. The quantitative estimate of drug-likeness (QED) is 0.212. The second kappa shape index (κ2) is 11.5. The highest BCUT2D eigenvalue weighted by atomic mass is 16.5. The molecule has 0 bridgehead atoms. The molecule has 5 rings (SSSR count). The van der Waals surface area contributed by atoms with Gasteiger partial charge >= 0.3 is 5.97 Å². The molecule has 2 amide bonds. The van der Waals surface area contributed by atoms with Gasteiger partial charge in [0.2, 0.25) is 5.91 Å². The monoisotopic (exact) mass is 534 g/mol. The Hall–Kier alpha value is -4.91. The minimum Gasteiger partial charge on any atom is -0.508 e. The van der Waals surface area contributed by atoms with E-state index in [1.54, 1.807) is 77.7 Å². The molecule has 1 unspecified atom stereocenters. The Morgan fingerprint density at radius 1 is 0.900 bits per heavy atom. The van der Waals surface area contributed by atoms with Crippen LogP contribution in [0.2, 0.25) is 0 Å². The van der Waals surface area contributed by atoms with E-state index < -0.39 is 11.9 Å². The van der Waals surface area contributed by atoms with Crippen LogP contribution in [0.4, 0.5) is 11.4 Å². The molecule has 0 spiro atoms. The van der Waals surface area contributed by atoms with Gasteiger partial charge < -0.3 is 20.1 Å². The molecule has 1 aliphatic heterocycles. The number of phenolic OH excluding ortho intramolecular Hbond substituents is 1. The van der Waals surface area contributed by atoms with Crippen LogP contribution in [0.25, 0.3) is 11.1 Å². The summed E-state index contributed by atoms with van der Waals surface area (Å²) in [6.45, 7) is 4.34. The smallest absolute Gasteiger partial charge is 0.316 e. The molecule has 1 aliphatic rings. The lowest BCUT2D eigenvalue weighted by Gasteiger charge is -2.18. The van der Waals surface area contributed by atoms with Gasteiger partial charge in [-0.2, -0.15) is 0 Å². The number of benzene rings is 4. The van der Waals surface area contributed by atoms with Crippen LogP contribution in [-0.2, 0) is 9.59 Å². The summed E-state index contributed by atoms with van der Waals surface area (Å²) in [7, 11) is 0. The van der Waals surface area contributed by atoms with Crippen LogP contribution in [-0.4, -0.2) is 29.4 Å². The molecule has 0 saturated carbocycles. The van der Waals surface area contributed by atoms with Crippen molar-refractivity contribution in [2.24, 2.45) is 5.92 Å². The standard InChI is InChI=1S/C33H30N2O5/c1-21(2)23-6-4-11-30(17-23)40-33(39)26-18-31(37)35(20-26)28-10-5-9-27(19-28)34-32(38)25-8-3-7-24(16-25)22-12-14-29(36)15-13-22/h3-17,19,21,26,36H,18,20H2,1-2H3,(H,34,38). The number of amides is 2. The molecular formula is C33H30N2O5. The summed E-state index contributed by atoms with van der Waals surface area (Å²) < 4.78 is 5.61. The highest BCUT2D eigenvalue weighted by Crippen LogP contribution is 2.29. The lowest BCUT2D eigenvalue weighted by molar-refractivity contribution is -0.139. The first-order chi connectivity index (χ1) is 19.3. The Morgan fingerprint density at radius 3 is 2.42 bits per heavy atom. The topological polar surface area (TPSA) is 95.9 Å². The van der Waals surface area contributed by atoms with Crippen molar-refractivity contribution in [2.75, 3.05) is 16.8 Å². The molecule has 0 radical (unpaired) electrons. The predicted octanol–water partition coefficient (Wildman–Crippen LogP) is 6.39. The molecule has 1 heterocycles. The van der Waals surface area contributed by atoms with Gasteiger partial charge in [-0.1, -0.05) is 56.3 Å². The fourth-order valence-corrected chi connectivity index (χ4v) is 4.70. The number of ether oxygens (including phenoxy) is 1. The molecule has 40 heavy (non-hydrogen) atoms. The van der Waals surface area contributed by atoms with Gasteiger partial charge in [0.15, 0.2) is 0 Å². The fraction of sp³-hybridized carbons (Fsp3) is 0.182. The normalized spacial score (nSPS) is 14.8. The minimum atomic E-state index is -0.587. The summed E-state index contributed by atoms with van der Waals surface area (Å²) in [6.07, 6.45) is 0.0589. The highest BCUT2D eigenvalue weighted by Gasteiger charge is 2.36. The number of aromatic hydroxyl groups is 1. The van der Waals surface area contributed by atoms with Crippen molar-refractivity contribution in [3.8, 4) is 22.6 Å². The van der Waals surface area contributed by atoms with E-state index in [-0.39, 0.29) is 30.5 Å². The lowest BCUT2D eigenvalue weighted by Crippen LogP contribution is -2.27. The SMILES string of the molecule is CC(C)c1cccc(OC(=O)C2CC(=O)N(c3cccc(NC(=O)c4cccc(-c5ccc(O)cc5)c4)c3)C2)c1. The van der Waals surface area contributed by atoms with Crippen molar-refractivity contribution in [3.05, 3.63) is 108 Å². The Bertz CT molecular complexity index is 1560. The Balaban J connectivity index is 1.25. The molecule has 4 aromatic rings. The maximum Gasteiger partial charge on any atom is 0.316 e. The summed E-state index contributed by atoms with van der Waals surface area (Å²) in [5.41, 5.74) is 4.39. The minimum absolute atomic E-state index is 0.0589. The van der Waals surface area contributed by atoms with Gasteiger partial charge in [0.1, 0.15) is 11.5 Å². The summed E-state index contributed by atoms with van der Waals surface area (Å²) in [6, 6.07) is 28.4. The summed E-state index contributed by atoms with van der Waals surface area (Å²) >= 11 is 0. The zero-order valence-corrected chi connectivity index (χ0v) is 22.3. The van der Waals surface area contributed by atoms with Crippen LogP contribution in [0.15, 0.2) is 97.1 Å². The number of anilines is 2. The number of nitrogens with one attached hydrogen (secondary N) is 1. The van der Waals surface area contributed by atoms with E-state index in [2.05, 4.69) is 19.2 Å². The van der Waals surface area contributed by atoms with Crippen molar-refractivity contribution >= 4 is 29.2 Å². The zero-order chi connectivity index (χ0) is 28.2. The first-order valence-electron chi connectivity index (χ1n) is 13.2. The average Bonchev–Trinajstić information content (AvgIpc) is 3.35. The lowest BCUT2D eigenvalue weighted by atomic mass is 10.0. The van der Waals surface area contributed by atoms with E-state index >= 15 is 0 Å². The summed E-state index contributed by atoms with van der Waals surface area (Å²) in [4.78, 5) is 40.3. The first kappa shape index (κ1) is 26.7. The summed E-state index contributed by atoms with van der Waals surface area (Å²) in [5, 5.41) is 12.4. The number of nitrogens with zero attached hydrogens (tertiary/aromatic N) is 1. The zero-order valence-electron chi connectivity index (χ0n) is 22.3. The molecule has 0 aliphatic carbocycles. The third-order valence-corrected chi connectivity index (χ3v) is 6.94. The average molecular weight is 535 g/mol. The Morgan fingerprint density at radius 2 is 1.65 bits per heavy atom. The number of phenols is 1. The molecule has 7 nitrogen and oxygen atoms in total. The predicted molar refractivity (Wildman–Crippen MR) is 155 cm³/mol. The van der Waals surface area contributed by atoms with Gasteiger partial charge in [-0.15, -0.1) is 0 Å². The van der Waals surface area contributed by atoms with Crippen molar-refractivity contribution in [3.63, 3.8) is 0 Å². The van der Waals surface area contributed by atoms with Gasteiger partial charge in [-0.3, -0.25) is 14.4 Å². The van der Waals surface area contributed by atoms with E-state index in [0.29, 0.717) is 28.6 Å². The number of hydrogen-bond donors (Lipinski definition) is 2. The van der Waals surface area contributed by atoms with Crippen LogP contribution >= 0.6 is 0 Å². The third kappa shape index (κ3) is 6.04. The van der Waals surface area contributed by atoms with E-state index in [9.17, 15) is 19.5 Å². The van der Waals surface area contributed by atoms with Gasteiger partial charge in [-0.25, -0.2) is 0 Å². The molecular weight excluding hydrogens is 504 g/mol. The highest BCUT2D eigenvalue weighted by molar-refractivity contribution is 6.06. The first-order valence-corrected chi connectivity index (χ1v) is 13.2. The number of carbonyl (C=O) groups excluding carboxylic acids is 3. The largest absolute Gasteiger partial charge is 0.508 e. The Kier molecular flexibility index (Phi) is 7.64. The van der Waals surface area contributed by atoms with Crippen LogP contribution in [0.1, 0.15) is 42.1 Å². The van der Waals surface area contributed by atoms with Crippen LogP contribution in [0, 0.1) is 5.92 Å². The molecule has 7 heteroatoms. The maximum atomic E-state index is 13.0. The molecule has 1 fully saturated rings. The van der Waals surface area contributed by atoms with Crippen molar-refractivity contribution in [1.29, 1.82) is 0 Å². The Labute approximate surface area is 233 Å². The number of hydrogen-bond acceptors (Lipinski definition) is 5. The van der Waals surface area contributed by atoms with E-state index in [1.807, 2.05) is 24.3 Å². The van der Waals surface area contributed by atoms with Crippen molar-refractivity contribution in [2.45, 2.75) is 26.2 Å². The van der Waals surface area contributed by atoms with E-state index in [0.717, 1.165) is 16.7 Å². The number of carbonyl (C=O) groups is 3. The van der Waals surface area contributed by atoms with Crippen molar-refractivity contribution in [1.82, 2.24) is 0 Å². The van der Waals surface area contributed by atoms with Gasteiger partial charge in [0.05, 0.1) is 5.92 Å². The van der Waals surface area contributed by atoms with Crippen LogP contribution in [0.3, 0.4) is 0 Å². The molecule has 1 atom stereocenters. The van der Waals surface area contributed by atoms with Gasteiger partial charge in [0, 0.05) is 29.9 Å². The van der Waals surface area contributed by atoms with E-state index in [1.165, 1.54) is 0 Å². The second-order valence-electron chi connectivity index (χ2n) is 10.2. The second-order valence-corrected chi connectivity index (χ2v) is 10.2. The van der Waals surface area contributed by atoms with Crippen molar-refractivity contribution < 1.29 is 24.2 Å². The molecule has 0 aromatic heterocycles. The van der Waals surface area contributed by atoms with Gasteiger partial charge in [0.25, 0.3) is 5.91 Å².